The minimum Gasteiger partial charge on any atom is -0.497 e. The van der Waals surface area contributed by atoms with Crippen LogP contribution < -0.4 is 19.1 Å². The van der Waals surface area contributed by atoms with Gasteiger partial charge in [0, 0.05) is 12.1 Å². The number of hydrogen-bond acceptors (Lipinski definition) is 7. The van der Waals surface area contributed by atoms with Crippen LogP contribution >= 0.6 is 11.3 Å². The van der Waals surface area contributed by atoms with Crippen LogP contribution in [0.3, 0.4) is 0 Å². The first kappa shape index (κ1) is 21.6. The van der Waals surface area contributed by atoms with Crippen molar-refractivity contribution in [1.29, 1.82) is 0 Å². The lowest BCUT2D eigenvalue weighted by Gasteiger charge is -2.23. The van der Waals surface area contributed by atoms with Crippen LogP contribution in [0.15, 0.2) is 42.5 Å². The van der Waals surface area contributed by atoms with Crippen molar-refractivity contribution < 1.29 is 19.0 Å². The Morgan fingerprint density at radius 2 is 1.73 bits per heavy atom. The number of amides is 1. The van der Waals surface area contributed by atoms with E-state index in [1.54, 1.807) is 37.3 Å². The second-order valence-corrected chi connectivity index (χ2v) is 7.92. The first-order chi connectivity index (χ1) is 14.5. The number of methoxy groups -OCH3 is 3. The van der Waals surface area contributed by atoms with Crippen LogP contribution in [0, 0.1) is 5.92 Å². The van der Waals surface area contributed by atoms with Gasteiger partial charge < -0.3 is 14.2 Å². The van der Waals surface area contributed by atoms with Crippen molar-refractivity contribution in [2.45, 2.75) is 13.8 Å². The van der Waals surface area contributed by atoms with Gasteiger partial charge in [-0.15, -0.1) is 10.2 Å². The fourth-order valence-corrected chi connectivity index (χ4v) is 3.85. The summed E-state index contributed by atoms with van der Waals surface area (Å²) in [6.07, 6.45) is 0. The van der Waals surface area contributed by atoms with E-state index in [-0.39, 0.29) is 11.8 Å². The third kappa shape index (κ3) is 4.54. The maximum Gasteiger partial charge on any atom is 0.264 e. The van der Waals surface area contributed by atoms with E-state index in [0.717, 1.165) is 16.3 Å². The number of para-hydroxylation sites is 1. The number of benzene rings is 2. The summed E-state index contributed by atoms with van der Waals surface area (Å²) in [6, 6.07) is 12.8. The molecule has 0 spiro atoms. The summed E-state index contributed by atoms with van der Waals surface area (Å²) in [5.74, 6) is 1.70. The molecule has 0 bridgehead atoms. The molecule has 1 aromatic heterocycles. The summed E-state index contributed by atoms with van der Waals surface area (Å²) in [5, 5.41) is 9.86. The van der Waals surface area contributed by atoms with Gasteiger partial charge in [-0.25, -0.2) is 0 Å². The van der Waals surface area contributed by atoms with Gasteiger partial charge in [0.2, 0.25) is 5.13 Å². The van der Waals surface area contributed by atoms with Gasteiger partial charge in [0.15, 0.2) is 11.5 Å². The van der Waals surface area contributed by atoms with Gasteiger partial charge in [-0.3, -0.25) is 9.69 Å². The fourth-order valence-electron chi connectivity index (χ4n) is 2.99. The Hall–Kier alpha value is -3.13. The third-order valence-corrected chi connectivity index (χ3v) is 5.40. The van der Waals surface area contributed by atoms with Crippen LogP contribution in [0.1, 0.15) is 24.2 Å². The van der Waals surface area contributed by atoms with Crippen molar-refractivity contribution in [2.75, 3.05) is 32.8 Å². The summed E-state index contributed by atoms with van der Waals surface area (Å²) in [4.78, 5) is 15.1. The van der Waals surface area contributed by atoms with Crippen molar-refractivity contribution >= 4 is 22.4 Å². The van der Waals surface area contributed by atoms with E-state index in [4.69, 9.17) is 14.2 Å². The van der Waals surface area contributed by atoms with Gasteiger partial charge in [0.25, 0.3) is 5.91 Å². The van der Waals surface area contributed by atoms with Gasteiger partial charge >= 0.3 is 0 Å². The van der Waals surface area contributed by atoms with Crippen LogP contribution in [-0.4, -0.2) is 44.0 Å². The number of anilines is 1. The molecule has 7 nitrogen and oxygen atoms in total. The van der Waals surface area contributed by atoms with Gasteiger partial charge in [-0.1, -0.05) is 31.3 Å². The number of rotatable bonds is 8. The molecule has 0 atom stereocenters. The second-order valence-electron chi connectivity index (χ2n) is 6.97. The van der Waals surface area contributed by atoms with Gasteiger partial charge in [-0.05, 0) is 42.3 Å². The average molecular weight is 428 g/mol. The lowest BCUT2D eigenvalue weighted by Crippen LogP contribution is -2.34. The van der Waals surface area contributed by atoms with Gasteiger partial charge in [0.1, 0.15) is 10.8 Å². The summed E-state index contributed by atoms with van der Waals surface area (Å²) >= 11 is 1.37. The monoisotopic (exact) mass is 427 g/mol. The van der Waals surface area contributed by atoms with Crippen LogP contribution in [0.25, 0.3) is 10.6 Å². The second kappa shape index (κ2) is 9.58. The molecule has 8 heteroatoms. The molecule has 0 radical (unpaired) electrons. The zero-order valence-electron chi connectivity index (χ0n) is 17.7. The smallest absolute Gasteiger partial charge is 0.264 e. The zero-order valence-corrected chi connectivity index (χ0v) is 18.5. The molecule has 2 aromatic carbocycles. The lowest BCUT2D eigenvalue weighted by molar-refractivity contribution is 0.0980. The highest BCUT2D eigenvalue weighted by Gasteiger charge is 2.26. The van der Waals surface area contributed by atoms with E-state index in [2.05, 4.69) is 24.0 Å². The molecule has 3 aromatic rings. The van der Waals surface area contributed by atoms with Crippen LogP contribution in [0.2, 0.25) is 0 Å². The predicted octanol–water partition coefficient (Wildman–Crippen LogP) is 4.53. The molecular formula is C22H25N3O4S. The quantitative estimate of drug-likeness (QED) is 0.526. The Kier molecular flexibility index (Phi) is 6.89. The SMILES string of the molecule is COc1ccc(-c2nnc(N(CC(C)C)C(=O)c3cccc(OC)c3OC)s2)cc1. The van der Waals surface area contributed by atoms with Crippen LogP contribution in [-0.2, 0) is 0 Å². The molecule has 158 valence electrons. The fraction of sp³-hybridized carbons (Fsp3) is 0.318. The highest BCUT2D eigenvalue weighted by molar-refractivity contribution is 7.18. The van der Waals surface area contributed by atoms with Crippen molar-refractivity contribution in [3.63, 3.8) is 0 Å². The molecule has 0 unspecified atom stereocenters. The Morgan fingerprint density at radius 1 is 1.00 bits per heavy atom. The molecule has 1 heterocycles. The minimum absolute atomic E-state index is 0.211. The maximum atomic E-state index is 13.5. The van der Waals surface area contributed by atoms with Crippen molar-refractivity contribution in [3.8, 4) is 27.8 Å². The summed E-state index contributed by atoms with van der Waals surface area (Å²) in [7, 11) is 4.69. The van der Waals surface area contributed by atoms with E-state index in [1.165, 1.54) is 18.4 Å². The summed E-state index contributed by atoms with van der Waals surface area (Å²) < 4.78 is 16.0. The normalized spacial score (nSPS) is 10.7. The summed E-state index contributed by atoms with van der Waals surface area (Å²) in [5.41, 5.74) is 1.33. The molecule has 0 saturated carbocycles. The third-order valence-electron chi connectivity index (χ3n) is 4.41. The van der Waals surface area contributed by atoms with Gasteiger partial charge in [-0.2, -0.15) is 0 Å². The molecule has 1 amide bonds. The maximum absolute atomic E-state index is 13.5. The number of nitrogens with zero attached hydrogens (tertiary/aromatic N) is 3. The van der Waals surface area contributed by atoms with Crippen molar-refractivity contribution in [3.05, 3.63) is 48.0 Å². The Labute approximate surface area is 180 Å². The molecular weight excluding hydrogens is 402 g/mol. The molecule has 0 aliphatic carbocycles. The van der Waals surface area contributed by atoms with E-state index < -0.39 is 0 Å². The molecule has 3 rings (SSSR count). The standard InChI is InChI=1S/C22H25N3O4S/c1-14(2)13-25(21(26)17-7-6-8-18(28-4)19(17)29-5)22-24-23-20(30-22)15-9-11-16(27-3)12-10-15/h6-12,14H,13H2,1-5H3. The number of carbonyl (C=O) groups is 1. The summed E-state index contributed by atoms with van der Waals surface area (Å²) in [6.45, 7) is 4.60. The molecule has 0 aliphatic rings. The van der Waals surface area contributed by atoms with Crippen molar-refractivity contribution in [2.24, 2.45) is 5.92 Å². The zero-order chi connectivity index (χ0) is 21.7. The minimum atomic E-state index is -0.211. The first-order valence-corrected chi connectivity index (χ1v) is 10.3. The Morgan fingerprint density at radius 3 is 2.33 bits per heavy atom. The first-order valence-electron chi connectivity index (χ1n) is 9.49. The molecule has 0 fully saturated rings. The van der Waals surface area contributed by atoms with Crippen molar-refractivity contribution in [1.82, 2.24) is 10.2 Å². The van der Waals surface area contributed by atoms with Crippen LogP contribution in [0.5, 0.6) is 17.2 Å². The Bertz CT molecular complexity index is 1000. The van der Waals surface area contributed by atoms with E-state index >= 15 is 0 Å². The van der Waals surface area contributed by atoms with E-state index in [1.807, 2.05) is 24.3 Å². The number of carbonyl (C=O) groups excluding carboxylic acids is 1. The number of ether oxygens (including phenoxy) is 3. The van der Waals surface area contributed by atoms with Crippen LogP contribution in [0.4, 0.5) is 5.13 Å². The topological polar surface area (TPSA) is 73.8 Å². The number of aromatic nitrogens is 2. The van der Waals surface area contributed by atoms with Gasteiger partial charge in [0.05, 0.1) is 26.9 Å². The highest BCUT2D eigenvalue weighted by atomic mass is 32.1. The van der Waals surface area contributed by atoms with E-state index in [9.17, 15) is 4.79 Å². The molecule has 30 heavy (non-hydrogen) atoms. The number of hydrogen-bond donors (Lipinski definition) is 0. The molecule has 0 N–H and O–H groups in total. The predicted molar refractivity (Wildman–Crippen MR) is 118 cm³/mol. The molecule has 0 saturated heterocycles. The Balaban J connectivity index is 1.97. The lowest BCUT2D eigenvalue weighted by atomic mass is 10.1. The highest BCUT2D eigenvalue weighted by Crippen LogP contribution is 2.35. The van der Waals surface area contributed by atoms with E-state index in [0.29, 0.717) is 28.7 Å². The average Bonchev–Trinajstić information content (AvgIpc) is 3.26. The largest absolute Gasteiger partial charge is 0.497 e. The molecule has 0 aliphatic heterocycles.